The zero-order valence-electron chi connectivity index (χ0n) is 34.2. The minimum atomic E-state index is 1.16. The van der Waals surface area contributed by atoms with E-state index in [1.165, 1.54) is 121 Å². The van der Waals surface area contributed by atoms with Crippen molar-refractivity contribution in [2.24, 2.45) is 0 Å². The molecule has 0 fully saturated rings. The van der Waals surface area contributed by atoms with E-state index in [1.54, 1.807) is 0 Å². The Labute approximate surface area is 362 Å². The molecule has 10 aromatic carbocycles. The van der Waals surface area contributed by atoms with Gasteiger partial charge in [0.2, 0.25) is 0 Å². The van der Waals surface area contributed by atoms with E-state index in [-0.39, 0.29) is 0 Å². The molecule has 63 heavy (non-hydrogen) atoms. The molecule has 0 aliphatic carbocycles. The van der Waals surface area contributed by atoms with Crippen LogP contribution in [0.4, 0.5) is 0 Å². The summed E-state index contributed by atoms with van der Waals surface area (Å²) < 4.78 is 7.31. The van der Waals surface area contributed by atoms with Gasteiger partial charge in [0.15, 0.2) is 0 Å². The van der Waals surface area contributed by atoms with Crippen LogP contribution in [0.1, 0.15) is 0 Å². The summed E-state index contributed by atoms with van der Waals surface area (Å²) in [5, 5.41) is 10.2. The highest BCUT2D eigenvalue weighted by molar-refractivity contribution is 6.24. The number of aromatic nitrogens is 3. The predicted molar refractivity (Wildman–Crippen MR) is 266 cm³/mol. The van der Waals surface area contributed by atoms with Crippen LogP contribution in [-0.4, -0.2) is 13.5 Å². The Morgan fingerprint density at radius 3 is 1.06 bits per heavy atom. The Bertz CT molecular complexity index is 4020. The van der Waals surface area contributed by atoms with Crippen LogP contribution in [0.15, 0.2) is 224 Å². The molecule has 0 N–H and O–H groups in total. The first-order valence-corrected chi connectivity index (χ1v) is 21.8. The van der Waals surface area contributed by atoms with Gasteiger partial charge in [0.25, 0.3) is 0 Å². The highest BCUT2D eigenvalue weighted by Gasteiger charge is 2.21. The Morgan fingerprint density at radius 1 is 0.206 bits per heavy atom. The van der Waals surface area contributed by atoms with Crippen molar-refractivity contribution in [3.05, 3.63) is 224 Å². The second kappa shape index (κ2) is 13.1. The third-order valence-electron chi connectivity index (χ3n) is 13.6. The van der Waals surface area contributed by atoms with Gasteiger partial charge in [-0.15, -0.1) is 0 Å². The Balaban J connectivity index is 0.853. The average molecular weight is 800 g/mol. The first-order chi connectivity index (χ1) is 31.2. The number of para-hydroxylation sites is 4. The van der Waals surface area contributed by atoms with Gasteiger partial charge in [-0.1, -0.05) is 152 Å². The van der Waals surface area contributed by atoms with Gasteiger partial charge in [-0.3, -0.25) is 0 Å². The summed E-state index contributed by atoms with van der Waals surface area (Å²) in [5.41, 5.74) is 18.2. The summed E-state index contributed by atoms with van der Waals surface area (Å²) >= 11 is 0. The van der Waals surface area contributed by atoms with Gasteiger partial charge in [0.05, 0.1) is 38.6 Å². The molecule has 14 rings (SSSR count). The predicted octanol–water partition coefficient (Wildman–Crippen LogP) is 16.0. The second-order valence-electron chi connectivity index (χ2n) is 16.9. The van der Waals surface area contributed by atoms with E-state index in [4.69, 9.17) is 0 Å². The maximum absolute atomic E-state index is 2.47. The Morgan fingerprint density at radius 2 is 0.556 bits per heavy atom. The highest BCUT2D eigenvalue weighted by Crippen LogP contribution is 2.43. The van der Waals surface area contributed by atoms with E-state index in [1.807, 2.05) is 0 Å². The summed E-state index contributed by atoms with van der Waals surface area (Å²) in [6.45, 7) is 0. The highest BCUT2D eigenvalue weighted by atomic mass is 15.0. The van der Waals surface area contributed by atoms with Crippen LogP contribution in [0, 0.1) is 0 Å². The van der Waals surface area contributed by atoms with Crippen molar-refractivity contribution in [1.29, 1.82) is 0 Å². The van der Waals surface area contributed by atoms with Crippen molar-refractivity contribution in [3.63, 3.8) is 0 Å². The lowest BCUT2D eigenvalue weighted by Gasteiger charge is -2.11. The molecule has 292 valence electrons. The molecule has 0 aliphatic heterocycles. The summed E-state index contributed by atoms with van der Waals surface area (Å²) in [4.78, 5) is 0. The molecule has 3 heteroatoms. The van der Waals surface area contributed by atoms with Crippen molar-refractivity contribution >= 4 is 81.7 Å². The molecule has 0 amide bonds. The molecular formula is C60H37N3. The fourth-order valence-electron chi connectivity index (χ4n) is 10.7. The van der Waals surface area contributed by atoms with Crippen LogP contribution in [0.5, 0.6) is 0 Å². The molecule has 0 unspecified atom stereocenters. The van der Waals surface area contributed by atoms with E-state index in [2.05, 4.69) is 238 Å². The maximum Gasteiger partial charge on any atom is 0.0622 e. The maximum atomic E-state index is 2.47. The van der Waals surface area contributed by atoms with Crippen molar-refractivity contribution in [2.75, 3.05) is 0 Å². The van der Waals surface area contributed by atoms with Crippen molar-refractivity contribution in [3.8, 4) is 44.8 Å². The monoisotopic (exact) mass is 799 g/mol. The third-order valence-corrected chi connectivity index (χ3v) is 13.6. The summed E-state index contributed by atoms with van der Waals surface area (Å²) in [5.74, 6) is 0. The van der Waals surface area contributed by atoms with Crippen LogP contribution in [0.2, 0.25) is 0 Å². The zero-order valence-corrected chi connectivity index (χ0v) is 34.2. The summed E-state index contributed by atoms with van der Waals surface area (Å²) in [7, 11) is 0. The number of benzene rings is 10. The number of fused-ring (bicyclic) bond motifs is 12. The molecule has 4 heterocycles. The molecule has 3 nitrogen and oxygen atoms in total. The van der Waals surface area contributed by atoms with Gasteiger partial charge in [0.1, 0.15) is 0 Å². The summed E-state index contributed by atoms with van der Waals surface area (Å²) in [6, 6.07) is 82.6. The van der Waals surface area contributed by atoms with Crippen LogP contribution in [0.25, 0.3) is 126 Å². The Hall–Kier alpha value is -8.40. The molecule has 0 bridgehead atoms. The fourth-order valence-corrected chi connectivity index (χ4v) is 10.7. The minimum absolute atomic E-state index is 1.16. The van der Waals surface area contributed by atoms with Gasteiger partial charge < -0.3 is 13.5 Å². The average Bonchev–Trinajstić information content (AvgIpc) is 4.08. The largest absolute Gasteiger partial charge is 0.309 e. The molecule has 0 spiro atoms. The molecule has 4 aromatic heterocycles. The molecule has 0 atom stereocenters. The molecule has 0 radical (unpaired) electrons. The molecule has 0 saturated carbocycles. The van der Waals surface area contributed by atoms with Crippen LogP contribution < -0.4 is 0 Å². The molecule has 14 aromatic rings. The van der Waals surface area contributed by atoms with Gasteiger partial charge in [-0.25, -0.2) is 0 Å². The van der Waals surface area contributed by atoms with E-state index in [0.717, 1.165) is 5.69 Å². The zero-order chi connectivity index (χ0) is 41.2. The van der Waals surface area contributed by atoms with E-state index in [9.17, 15) is 0 Å². The van der Waals surface area contributed by atoms with E-state index >= 15 is 0 Å². The fraction of sp³-hybridized carbons (Fsp3) is 0. The van der Waals surface area contributed by atoms with E-state index in [0.29, 0.717) is 0 Å². The van der Waals surface area contributed by atoms with Crippen molar-refractivity contribution in [1.82, 2.24) is 13.5 Å². The number of nitrogens with zero attached hydrogens (tertiary/aromatic N) is 3. The second-order valence-corrected chi connectivity index (χ2v) is 16.9. The lowest BCUT2D eigenvalue weighted by Crippen LogP contribution is -1.94. The number of rotatable bonds is 5. The minimum Gasteiger partial charge on any atom is -0.309 e. The topological polar surface area (TPSA) is 14.3 Å². The van der Waals surface area contributed by atoms with Crippen molar-refractivity contribution in [2.45, 2.75) is 0 Å². The van der Waals surface area contributed by atoms with Crippen molar-refractivity contribution < 1.29 is 0 Å². The van der Waals surface area contributed by atoms with Gasteiger partial charge in [0, 0.05) is 54.5 Å². The van der Waals surface area contributed by atoms with Crippen LogP contribution in [-0.2, 0) is 0 Å². The normalized spacial score (nSPS) is 12.1. The van der Waals surface area contributed by atoms with E-state index < -0.39 is 0 Å². The number of hydrogen-bond acceptors (Lipinski definition) is 0. The van der Waals surface area contributed by atoms with Crippen LogP contribution in [0.3, 0.4) is 0 Å². The van der Waals surface area contributed by atoms with Gasteiger partial charge in [-0.05, 0) is 106 Å². The lowest BCUT2D eigenvalue weighted by molar-refractivity contribution is 1.18. The quantitative estimate of drug-likeness (QED) is 0.165. The first kappa shape index (κ1) is 34.3. The molecular weight excluding hydrogens is 763 g/mol. The lowest BCUT2D eigenvalue weighted by atomic mass is 9.98. The smallest absolute Gasteiger partial charge is 0.0622 e. The molecule has 0 aliphatic rings. The standard InChI is InChI=1S/C60H37N3/c1-2-12-38(13-3-1)39-26-30-44(31-27-39)61-54-18-8-4-14-46(54)50-34-42(28-32-58(50)61)40-22-24-41(25-23-40)43-29-33-59-51(35-43)47-15-5-9-19-55(47)62(59)45-36-52-48-16-6-10-20-56(48)63-57-21-11-7-17-49(57)53(37-45)60(52)63/h1-37H. The third kappa shape index (κ3) is 4.96. The first-order valence-electron chi connectivity index (χ1n) is 21.8. The molecule has 0 saturated heterocycles. The van der Waals surface area contributed by atoms with Gasteiger partial charge in [-0.2, -0.15) is 0 Å². The number of hydrogen-bond donors (Lipinski definition) is 0. The van der Waals surface area contributed by atoms with Crippen LogP contribution >= 0.6 is 0 Å². The van der Waals surface area contributed by atoms with Gasteiger partial charge >= 0.3 is 0 Å². The SMILES string of the molecule is c1ccc(-c2ccc(-n3c4ccccc4c4cc(-c5ccc(-c6ccc7c(c6)c6ccccc6n7-c6cc7c8ccccc8n8c9ccccc9c(c6)c78)cc5)ccc43)cc2)cc1. The Kier molecular flexibility index (Phi) is 7.11. The summed E-state index contributed by atoms with van der Waals surface area (Å²) in [6.07, 6.45) is 0.